The van der Waals surface area contributed by atoms with Gasteiger partial charge in [0.05, 0.1) is 18.0 Å². The van der Waals surface area contributed by atoms with Gasteiger partial charge < -0.3 is 4.74 Å². The van der Waals surface area contributed by atoms with Gasteiger partial charge in [-0.3, -0.25) is 4.98 Å². The molecule has 0 aliphatic heterocycles. The lowest BCUT2D eigenvalue weighted by Crippen LogP contribution is -2.28. The number of ether oxygens (including phenoxy) is 1. The van der Waals surface area contributed by atoms with Gasteiger partial charge in [-0.1, -0.05) is 29.8 Å². The third-order valence-corrected chi connectivity index (χ3v) is 4.36. The Morgan fingerprint density at radius 3 is 2.71 bits per heavy atom. The molecule has 0 amide bonds. The molecule has 1 aromatic heterocycles. The summed E-state index contributed by atoms with van der Waals surface area (Å²) in [5.41, 5.74) is 1.04. The average Bonchev–Trinajstić information content (AvgIpc) is 2.35. The van der Waals surface area contributed by atoms with Crippen molar-refractivity contribution in [3.05, 3.63) is 24.0 Å². The van der Waals surface area contributed by atoms with Crippen molar-refractivity contribution in [3.63, 3.8) is 0 Å². The lowest BCUT2D eigenvalue weighted by molar-refractivity contribution is 0.100. The molecule has 94 valence electrons. The highest BCUT2D eigenvalue weighted by molar-refractivity contribution is 9.08. The number of hydrogen-bond donors (Lipinski definition) is 0. The highest BCUT2D eigenvalue weighted by Crippen LogP contribution is 2.31. The summed E-state index contributed by atoms with van der Waals surface area (Å²) in [5, 5.41) is 0.797. The minimum Gasteiger partial charge on any atom is -0.489 e. The summed E-state index contributed by atoms with van der Waals surface area (Å²) in [6.45, 7) is 4.67. The Morgan fingerprint density at radius 1 is 1.29 bits per heavy atom. The van der Waals surface area contributed by atoms with E-state index in [1.807, 2.05) is 18.3 Å². The van der Waals surface area contributed by atoms with E-state index < -0.39 is 0 Å². The number of hydrogen-bond acceptors (Lipinski definition) is 2. The van der Waals surface area contributed by atoms with E-state index in [-0.39, 0.29) is 0 Å². The van der Waals surface area contributed by atoms with Crippen LogP contribution in [-0.4, -0.2) is 11.1 Å². The van der Waals surface area contributed by atoms with Crippen LogP contribution in [0.1, 0.15) is 38.8 Å². The van der Waals surface area contributed by atoms with Crippen molar-refractivity contribution in [2.24, 2.45) is 11.8 Å². The molecule has 0 spiro atoms. The fraction of sp³-hybridized carbons (Fsp3) is 0.643. The molecule has 1 heterocycles. The Morgan fingerprint density at radius 2 is 2.12 bits per heavy atom. The molecule has 2 rings (SSSR count). The zero-order valence-electron chi connectivity index (χ0n) is 10.5. The van der Waals surface area contributed by atoms with Crippen molar-refractivity contribution in [2.75, 3.05) is 0 Å². The molecule has 0 radical (unpaired) electrons. The summed E-state index contributed by atoms with van der Waals surface area (Å²) in [6, 6.07) is 4.03. The van der Waals surface area contributed by atoms with Gasteiger partial charge in [-0.2, -0.15) is 0 Å². The molecule has 1 saturated carbocycles. The number of rotatable bonds is 3. The van der Waals surface area contributed by atoms with Gasteiger partial charge in [0.25, 0.3) is 0 Å². The van der Waals surface area contributed by atoms with E-state index in [9.17, 15) is 0 Å². The maximum absolute atomic E-state index is 6.00. The van der Waals surface area contributed by atoms with Crippen LogP contribution >= 0.6 is 15.9 Å². The molecule has 0 saturated heterocycles. The minimum absolute atomic E-state index is 0.373. The van der Waals surface area contributed by atoms with Gasteiger partial charge in [-0.15, -0.1) is 0 Å². The summed E-state index contributed by atoms with van der Waals surface area (Å²) in [5.74, 6) is 2.51. The van der Waals surface area contributed by atoms with E-state index in [0.717, 1.165) is 28.6 Å². The highest BCUT2D eigenvalue weighted by Gasteiger charge is 2.25. The first-order chi connectivity index (χ1) is 8.19. The standard InChI is InChI=1S/C14H20BrNO/c1-10-3-5-13(7-11(10)2)17-14-6-4-12(8-15)16-9-14/h4,6,9-11,13H,3,5,7-8H2,1-2H3. The minimum atomic E-state index is 0.373. The SMILES string of the molecule is CC1CCC(Oc2ccc(CBr)nc2)CC1C. The normalized spacial score (nSPS) is 29.0. The Hall–Kier alpha value is -0.570. The lowest BCUT2D eigenvalue weighted by atomic mass is 9.80. The average molecular weight is 298 g/mol. The van der Waals surface area contributed by atoms with Crippen molar-refractivity contribution < 1.29 is 4.74 Å². The van der Waals surface area contributed by atoms with Crippen molar-refractivity contribution in [2.45, 2.75) is 44.5 Å². The Kier molecular flexibility index (Phi) is 4.43. The van der Waals surface area contributed by atoms with E-state index in [0.29, 0.717) is 6.10 Å². The molecule has 3 heteroatoms. The quantitative estimate of drug-likeness (QED) is 0.781. The van der Waals surface area contributed by atoms with Gasteiger partial charge in [-0.05, 0) is 43.2 Å². The second-order valence-electron chi connectivity index (χ2n) is 5.13. The van der Waals surface area contributed by atoms with Crippen molar-refractivity contribution in [1.82, 2.24) is 4.98 Å². The summed E-state index contributed by atoms with van der Waals surface area (Å²) in [4.78, 5) is 4.32. The molecule has 17 heavy (non-hydrogen) atoms. The van der Waals surface area contributed by atoms with Gasteiger partial charge in [0.1, 0.15) is 5.75 Å². The molecule has 0 bridgehead atoms. The fourth-order valence-electron chi connectivity index (χ4n) is 2.36. The fourth-order valence-corrected chi connectivity index (χ4v) is 2.69. The van der Waals surface area contributed by atoms with Gasteiger partial charge in [-0.25, -0.2) is 0 Å². The Balaban J connectivity index is 1.92. The molecule has 1 aliphatic carbocycles. The Bertz CT molecular complexity index is 352. The largest absolute Gasteiger partial charge is 0.489 e. The van der Waals surface area contributed by atoms with Crippen LogP contribution in [0.3, 0.4) is 0 Å². The van der Waals surface area contributed by atoms with Crippen LogP contribution < -0.4 is 4.74 Å². The first-order valence-electron chi connectivity index (χ1n) is 6.36. The second-order valence-corrected chi connectivity index (χ2v) is 5.69. The van der Waals surface area contributed by atoms with E-state index in [4.69, 9.17) is 4.74 Å². The van der Waals surface area contributed by atoms with Crippen LogP contribution in [0.5, 0.6) is 5.75 Å². The highest BCUT2D eigenvalue weighted by atomic mass is 79.9. The maximum atomic E-state index is 6.00. The van der Waals surface area contributed by atoms with Crippen molar-refractivity contribution >= 4 is 15.9 Å². The van der Waals surface area contributed by atoms with Crippen molar-refractivity contribution in [1.29, 1.82) is 0 Å². The van der Waals surface area contributed by atoms with E-state index >= 15 is 0 Å². The van der Waals surface area contributed by atoms with Crippen LogP contribution in [0.15, 0.2) is 18.3 Å². The zero-order chi connectivity index (χ0) is 12.3. The molecule has 3 atom stereocenters. The lowest BCUT2D eigenvalue weighted by Gasteiger charge is -2.32. The predicted molar refractivity (Wildman–Crippen MR) is 73.5 cm³/mol. The van der Waals surface area contributed by atoms with Crippen LogP contribution in [-0.2, 0) is 5.33 Å². The molecule has 1 aromatic rings. The number of nitrogens with zero attached hydrogens (tertiary/aromatic N) is 1. The number of pyridine rings is 1. The van der Waals surface area contributed by atoms with Gasteiger partial charge in [0.2, 0.25) is 0 Å². The first-order valence-corrected chi connectivity index (χ1v) is 7.48. The van der Waals surface area contributed by atoms with Crippen LogP contribution in [0.2, 0.25) is 0 Å². The molecule has 0 N–H and O–H groups in total. The zero-order valence-corrected chi connectivity index (χ0v) is 12.1. The summed E-state index contributed by atoms with van der Waals surface area (Å²) < 4.78 is 6.00. The van der Waals surface area contributed by atoms with Gasteiger partial charge in [0, 0.05) is 5.33 Å². The van der Waals surface area contributed by atoms with Crippen LogP contribution in [0.25, 0.3) is 0 Å². The molecule has 2 nitrogen and oxygen atoms in total. The summed E-state index contributed by atoms with van der Waals surface area (Å²) >= 11 is 3.39. The summed E-state index contributed by atoms with van der Waals surface area (Å²) in [7, 11) is 0. The summed E-state index contributed by atoms with van der Waals surface area (Å²) in [6.07, 6.45) is 5.82. The van der Waals surface area contributed by atoms with E-state index in [2.05, 4.69) is 34.8 Å². The molecule has 1 fully saturated rings. The van der Waals surface area contributed by atoms with Gasteiger partial charge in [0.15, 0.2) is 0 Å². The Labute approximate surface area is 112 Å². The number of halogens is 1. The molecular weight excluding hydrogens is 278 g/mol. The van der Waals surface area contributed by atoms with Crippen molar-refractivity contribution in [3.8, 4) is 5.75 Å². The topological polar surface area (TPSA) is 22.1 Å². The number of alkyl halides is 1. The van der Waals surface area contributed by atoms with Crippen LogP contribution in [0, 0.1) is 11.8 Å². The smallest absolute Gasteiger partial charge is 0.138 e. The molecule has 3 unspecified atom stereocenters. The predicted octanol–water partition coefficient (Wildman–Crippen LogP) is 4.18. The van der Waals surface area contributed by atoms with E-state index in [1.54, 1.807) is 0 Å². The monoisotopic (exact) mass is 297 g/mol. The molecule has 1 aliphatic rings. The second kappa shape index (κ2) is 5.85. The third kappa shape index (κ3) is 3.44. The van der Waals surface area contributed by atoms with Crippen LogP contribution in [0.4, 0.5) is 0 Å². The molecular formula is C14H20BrNO. The maximum Gasteiger partial charge on any atom is 0.138 e. The number of aromatic nitrogens is 1. The van der Waals surface area contributed by atoms with Gasteiger partial charge >= 0.3 is 0 Å². The first kappa shape index (κ1) is 12.9. The molecule has 0 aromatic carbocycles. The van der Waals surface area contributed by atoms with E-state index in [1.165, 1.54) is 19.3 Å². The third-order valence-electron chi connectivity index (χ3n) is 3.79.